The van der Waals surface area contributed by atoms with Crippen LogP contribution < -0.4 is 0 Å². The minimum Gasteiger partial charge on any atom is -0.350 e. The number of carbonyl (C=O) groups is 1. The summed E-state index contributed by atoms with van der Waals surface area (Å²) < 4.78 is 1.94. The van der Waals surface area contributed by atoms with Crippen molar-refractivity contribution in [2.45, 2.75) is 0 Å². The van der Waals surface area contributed by atoms with Crippen LogP contribution in [0.3, 0.4) is 0 Å². The van der Waals surface area contributed by atoms with E-state index >= 15 is 0 Å². The number of Topliss-reactive ketones (excluding diaryl/α,β-unsaturated/α-hetero) is 1. The number of rotatable bonds is 1. The lowest BCUT2D eigenvalue weighted by Gasteiger charge is -1.97. The predicted octanol–water partition coefficient (Wildman–Crippen LogP) is 1.88. The van der Waals surface area contributed by atoms with Crippen LogP contribution in [0.25, 0.3) is 10.9 Å². The third-order valence-electron chi connectivity index (χ3n) is 2.53. The van der Waals surface area contributed by atoms with Gasteiger partial charge in [0, 0.05) is 44.3 Å². The Kier molecular flexibility index (Phi) is 2.88. The molecule has 0 aliphatic rings. The average molecular weight is 226 g/mol. The summed E-state index contributed by atoms with van der Waals surface area (Å²) in [6.45, 7) is 0. The van der Waals surface area contributed by atoms with Crippen molar-refractivity contribution < 1.29 is 4.79 Å². The molecule has 0 spiro atoms. The van der Waals surface area contributed by atoms with Gasteiger partial charge in [-0.1, -0.05) is 18.2 Å². The second-order valence-corrected chi connectivity index (χ2v) is 4.13. The Labute approximate surface area is 101 Å². The Morgan fingerprint density at radius 1 is 1.29 bits per heavy atom. The van der Waals surface area contributed by atoms with Crippen LogP contribution in [0.2, 0.25) is 0 Å². The van der Waals surface area contributed by atoms with E-state index in [0.29, 0.717) is 5.56 Å². The van der Waals surface area contributed by atoms with Crippen LogP contribution in [0, 0.1) is 12.0 Å². The number of hydrogen-bond acceptors (Lipinski definition) is 2. The third-order valence-corrected chi connectivity index (χ3v) is 2.53. The molecule has 3 nitrogen and oxygen atoms in total. The molecule has 0 bridgehead atoms. The maximum absolute atomic E-state index is 12.0. The van der Waals surface area contributed by atoms with Crippen LogP contribution in [0.15, 0.2) is 30.5 Å². The smallest absolute Gasteiger partial charge is 0.239 e. The fourth-order valence-electron chi connectivity index (χ4n) is 1.75. The topological polar surface area (TPSA) is 25.2 Å². The number of hydrogen-bond donors (Lipinski definition) is 0. The second-order valence-electron chi connectivity index (χ2n) is 4.13. The SMILES string of the molecule is CN(C)C#CC(=O)c1cn(C)c2ccccc12. The number of para-hydroxylation sites is 1. The molecule has 1 aromatic carbocycles. The van der Waals surface area contributed by atoms with Gasteiger partial charge in [-0.3, -0.25) is 4.79 Å². The highest BCUT2D eigenvalue weighted by molar-refractivity contribution is 6.16. The van der Waals surface area contributed by atoms with Gasteiger partial charge < -0.3 is 9.47 Å². The monoisotopic (exact) mass is 226 g/mol. The molecule has 0 radical (unpaired) electrons. The zero-order valence-corrected chi connectivity index (χ0v) is 10.2. The van der Waals surface area contributed by atoms with E-state index in [4.69, 9.17) is 0 Å². The average Bonchev–Trinajstić information content (AvgIpc) is 2.65. The van der Waals surface area contributed by atoms with Crippen LogP contribution in [-0.4, -0.2) is 29.3 Å². The molecular weight excluding hydrogens is 212 g/mol. The minimum absolute atomic E-state index is 0.143. The molecule has 0 aliphatic carbocycles. The molecule has 1 heterocycles. The summed E-state index contributed by atoms with van der Waals surface area (Å²) in [7, 11) is 5.55. The van der Waals surface area contributed by atoms with Crippen molar-refractivity contribution in [3.63, 3.8) is 0 Å². The summed E-state index contributed by atoms with van der Waals surface area (Å²) in [5.41, 5.74) is 1.71. The van der Waals surface area contributed by atoms with Crippen LogP contribution in [-0.2, 0) is 7.05 Å². The molecule has 2 rings (SSSR count). The van der Waals surface area contributed by atoms with Crippen molar-refractivity contribution in [1.82, 2.24) is 9.47 Å². The van der Waals surface area contributed by atoms with Crippen LogP contribution in [0.1, 0.15) is 10.4 Å². The molecule has 0 fully saturated rings. The first kappa shape index (κ1) is 11.3. The molecule has 2 aromatic rings. The standard InChI is InChI=1S/C14H14N2O/c1-15(2)9-8-14(17)12-10-16(3)13-7-5-4-6-11(12)13/h4-7,10H,1-3H3. The van der Waals surface area contributed by atoms with Gasteiger partial charge in [0.2, 0.25) is 5.78 Å². The molecule has 0 amide bonds. The Morgan fingerprint density at radius 2 is 2.00 bits per heavy atom. The highest BCUT2D eigenvalue weighted by Crippen LogP contribution is 2.20. The molecule has 0 aliphatic heterocycles. The molecule has 0 unspecified atom stereocenters. The fourth-order valence-corrected chi connectivity index (χ4v) is 1.75. The second kappa shape index (κ2) is 4.34. The first-order valence-corrected chi connectivity index (χ1v) is 5.37. The maximum atomic E-state index is 12.0. The summed E-state index contributed by atoms with van der Waals surface area (Å²) in [6, 6.07) is 10.6. The van der Waals surface area contributed by atoms with Gasteiger partial charge >= 0.3 is 0 Å². The quantitative estimate of drug-likeness (QED) is 0.421. The predicted molar refractivity (Wildman–Crippen MR) is 68.7 cm³/mol. The summed E-state index contributed by atoms with van der Waals surface area (Å²) in [5, 5.41) is 0.952. The summed E-state index contributed by atoms with van der Waals surface area (Å²) in [5.74, 6) is 2.48. The van der Waals surface area contributed by atoms with Crippen LogP contribution in [0.4, 0.5) is 0 Å². The molecule has 1 aromatic heterocycles. The number of nitrogens with zero attached hydrogens (tertiary/aromatic N) is 2. The Balaban J connectivity index is 2.51. The lowest BCUT2D eigenvalue weighted by molar-refractivity contribution is 0.105. The van der Waals surface area contributed by atoms with Gasteiger partial charge in [0.25, 0.3) is 0 Å². The molecule has 86 valence electrons. The van der Waals surface area contributed by atoms with Crippen LogP contribution in [0.5, 0.6) is 0 Å². The maximum Gasteiger partial charge on any atom is 0.239 e. The van der Waals surface area contributed by atoms with Crippen molar-refractivity contribution >= 4 is 16.7 Å². The molecule has 0 N–H and O–H groups in total. The van der Waals surface area contributed by atoms with Crippen molar-refractivity contribution in [3.8, 4) is 12.0 Å². The van der Waals surface area contributed by atoms with E-state index in [1.54, 1.807) is 4.90 Å². The first-order valence-electron chi connectivity index (χ1n) is 5.37. The zero-order chi connectivity index (χ0) is 12.4. The van der Waals surface area contributed by atoms with Gasteiger partial charge in [0.1, 0.15) is 0 Å². The summed E-state index contributed by atoms with van der Waals surface area (Å²) in [4.78, 5) is 13.6. The van der Waals surface area contributed by atoms with E-state index in [0.717, 1.165) is 10.9 Å². The number of carbonyl (C=O) groups excluding carboxylic acids is 1. The molecule has 0 saturated carbocycles. The largest absolute Gasteiger partial charge is 0.350 e. The van der Waals surface area contributed by atoms with Crippen LogP contribution >= 0.6 is 0 Å². The normalized spacial score (nSPS) is 9.82. The van der Waals surface area contributed by atoms with Gasteiger partial charge in [0.05, 0.1) is 5.56 Å². The molecule has 0 saturated heterocycles. The van der Waals surface area contributed by atoms with Crippen molar-refractivity contribution in [1.29, 1.82) is 0 Å². The first-order chi connectivity index (χ1) is 8.09. The highest BCUT2D eigenvalue weighted by Gasteiger charge is 2.11. The lowest BCUT2D eigenvalue weighted by Crippen LogP contribution is -2.03. The van der Waals surface area contributed by atoms with E-state index in [-0.39, 0.29) is 5.78 Å². The van der Waals surface area contributed by atoms with E-state index < -0.39 is 0 Å². The van der Waals surface area contributed by atoms with Gasteiger partial charge in [-0.05, 0) is 12.0 Å². The van der Waals surface area contributed by atoms with Crippen molar-refractivity contribution in [3.05, 3.63) is 36.0 Å². The fraction of sp³-hybridized carbons (Fsp3) is 0.214. The number of aryl methyl sites for hydroxylation is 1. The lowest BCUT2D eigenvalue weighted by atomic mass is 10.1. The summed E-state index contributed by atoms with van der Waals surface area (Å²) in [6.07, 6.45) is 1.83. The molecule has 17 heavy (non-hydrogen) atoms. The number of aromatic nitrogens is 1. The van der Waals surface area contributed by atoms with E-state index in [1.807, 2.05) is 56.2 Å². The Bertz CT molecular complexity index is 626. The zero-order valence-electron chi connectivity index (χ0n) is 10.2. The van der Waals surface area contributed by atoms with Gasteiger partial charge in [-0.2, -0.15) is 0 Å². The van der Waals surface area contributed by atoms with E-state index in [9.17, 15) is 4.79 Å². The summed E-state index contributed by atoms with van der Waals surface area (Å²) >= 11 is 0. The van der Waals surface area contributed by atoms with Gasteiger partial charge in [-0.25, -0.2) is 0 Å². The van der Waals surface area contributed by atoms with Crippen molar-refractivity contribution in [2.24, 2.45) is 7.05 Å². The van der Waals surface area contributed by atoms with Gasteiger partial charge in [-0.15, -0.1) is 0 Å². The Hall–Kier alpha value is -2.21. The number of benzene rings is 1. The minimum atomic E-state index is -0.143. The third kappa shape index (κ3) is 2.16. The van der Waals surface area contributed by atoms with Crippen molar-refractivity contribution in [2.75, 3.05) is 14.1 Å². The Morgan fingerprint density at radius 3 is 2.71 bits per heavy atom. The molecule has 0 atom stereocenters. The number of fused-ring (bicyclic) bond motifs is 1. The van der Waals surface area contributed by atoms with Gasteiger partial charge in [0.15, 0.2) is 0 Å². The highest BCUT2D eigenvalue weighted by atomic mass is 16.1. The van der Waals surface area contributed by atoms with E-state index in [1.165, 1.54) is 0 Å². The molecular formula is C14H14N2O. The number of ketones is 1. The molecule has 3 heteroatoms. The van der Waals surface area contributed by atoms with E-state index in [2.05, 4.69) is 12.0 Å².